The molecule has 0 spiro atoms. The number of carbonyl (C=O) groups excluding carboxylic acids is 2. The van der Waals surface area contributed by atoms with Crippen molar-refractivity contribution in [1.29, 1.82) is 0 Å². The highest BCUT2D eigenvalue weighted by molar-refractivity contribution is 5.96. The highest BCUT2D eigenvalue weighted by Gasteiger charge is 2.38. The Morgan fingerprint density at radius 3 is 2.39 bits per heavy atom. The van der Waals surface area contributed by atoms with Crippen molar-refractivity contribution in [2.75, 3.05) is 5.32 Å². The van der Waals surface area contributed by atoms with Gasteiger partial charge in [-0.05, 0) is 82.6 Å². The summed E-state index contributed by atoms with van der Waals surface area (Å²) in [5.74, 6) is -0.233. The Morgan fingerprint density at radius 1 is 1.07 bits per heavy atom. The molecule has 1 fully saturated rings. The lowest BCUT2D eigenvalue weighted by atomic mass is 9.86. The van der Waals surface area contributed by atoms with E-state index in [0.29, 0.717) is 17.9 Å². The van der Waals surface area contributed by atoms with E-state index >= 15 is 0 Å². The van der Waals surface area contributed by atoms with E-state index in [9.17, 15) is 19.5 Å². The van der Waals surface area contributed by atoms with Crippen LogP contribution in [-0.2, 0) is 16.0 Å². The molecule has 1 saturated carbocycles. The molecule has 0 aliphatic heterocycles. The Labute approximate surface area is 241 Å². The SMILES string of the molecule is CCC(Cc1ccccc1)c1cc(O)c(C(c2cccc(NC(=O)C(C)NC(=O)OC(C)(C)C)c2)C2CC2)c(=O)o1. The van der Waals surface area contributed by atoms with E-state index in [0.717, 1.165) is 30.4 Å². The quantitative estimate of drug-likeness (QED) is 0.261. The molecule has 8 nitrogen and oxygen atoms in total. The smallest absolute Gasteiger partial charge is 0.408 e. The van der Waals surface area contributed by atoms with Crippen molar-refractivity contribution in [3.63, 3.8) is 0 Å². The van der Waals surface area contributed by atoms with Crippen LogP contribution in [0.2, 0.25) is 0 Å². The van der Waals surface area contributed by atoms with Crippen LogP contribution in [0.25, 0.3) is 0 Å². The Bertz CT molecular complexity index is 1420. The van der Waals surface area contributed by atoms with Gasteiger partial charge in [-0.25, -0.2) is 9.59 Å². The van der Waals surface area contributed by atoms with Crippen LogP contribution < -0.4 is 16.3 Å². The molecule has 41 heavy (non-hydrogen) atoms. The summed E-state index contributed by atoms with van der Waals surface area (Å²) in [5, 5.41) is 16.5. The number of amides is 2. The van der Waals surface area contributed by atoms with Crippen molar-refractivity contribution < 1.29 is 23.8 Å². The van der Waals surface area contributed by atoms with Crippen molar-refractivity contribution >= 4 is 17.7 Å². The lowest BCUT2D eigenvalue weighted by Gasteiger charge is -2.22. The van der Waals surface area contributed by atoms with Gasteiger partial charge in [0.1, 0.15) is 23.2 Å². The summed E-state index contributed by atoms with van der Waals surface area (Å²) < 4.78 is 11.1. The van der Waals surface area contributed by atoms with Gasteiger partial charge in [-0.2, -0.15) is 0 Å². The second kappa shape index (κ2) is 12.6. The van der Waals surface area contributed by atoms with E-state index in [1.807, 2.05) is 43.3 Å². The molecule has 2 amide bonds. The minimum atomic E-state index is -0.834. The molecule has 3 unspecified atom stereocenters. The monoisotopic (exact) mass is 560 g/mol. The van der Waals surface area contributed by atoms with Crippen molar-refractivity contribution in [3.8, 4) is 5.75 Å². The number of benzene rings is 2. The lowest BCUT2D eigenvalue weighted by Crippen LogP contribution is -2.43. The molecule has 0 radical (unpaired) electrons. The van der Waals surface area contributed by atoms with Crippen LogP contribution >= 0.6 is 0 Å². The van der Waals surface area contributed by atoms with Crippen molar-refractivity contribution in [3.05, 3.63) is 93.5 Å². The Morgan fingerprint density at radius 2 is 1.78 bits per heavy atom. The van der Waals surface area contributed by atoms with Gasteiger partial charge in [0.15, 0.2) is 0 Å². The fraction of sp³-hybridized carbons (Fsp3) is 0.424. The van der Waals surface area contributed by atoms with Crippen LogP contribution in [0.1, 0.15) is 88.2 Å². The van der Waals surface area contributed by atoms with Crippen LogP contribution in [0.15, 0.2) is 69.9 Å². The largest absolute Gasteiger partial charge is 0.507 e. The highest BCUT2D eigenvalue weighted by atomic mass is 16.6. The van der Waals surface area contributed by atoms with Gasteiger partial charge in [0.25, 0.3) is 0 Å². The third-order valence-electron chi connectivity index (χ3n) is 7.25. The van der Waals surface area contributed by atoms with E-state index in [4.69, 9.17) is 9.15 Å². The Hall–Kier alpha value is -4.07. The number of aromatic hydroxyl groups is 1. The van der Waals surface area contributed by atoms with Crippen LogP contribution in [-0.4, -0.2) is 28.7 Å². The number of anilines is 1. The van der Waals surface area contributed by atoms with Gasteiger partial charge in [0.2, 0.25) is 5.91 Å². The Kier molecular flexibility index (Phi) is 9.21. The van der Waals surface area contributed by atoms with Gasteiger partial charge in [0, 0.05) is 23.6 Å². The molecule has 0 saturated heterocycles. The van der Waals surface area contributed by atoms with E-state index in [-0.39, 0.29) is 29.1 Å². The third-order valence-corrected chi connectivity index (χ3v) is 7.25. The zero-order valence-corrected chi connectivity index (χ0v) is 24.4. The zero-order valence-electron chi connectivity index (χ0n) is 24.4. The number of nitrogens with one attached hydrogen (secondary N) is 2. The molecule has 1 aromatic heterocycles. The summed E-state index contributed by atoms with van der Waals surface area (Å²) in [6.45, 7) is 8.85. The number of alkyl carbamates (subject to hydrolysis) is 1. The topological polar surface area (TPSA) is 118 Å². The van der Waals surface area contributed by atoms with Crippen LogP contribution in [0, 0.1) is 5.92 Å². The maximum absolute atomic E-state index is 13.4. The molecule has 3 aromatic rings. The van der Waals surface area contributed by atoms with E-state index in [2.05, 4.69) is 10.6 Å². The normalized spacial score (nSPS) is 15.4. The van der Waals surface area contributed by atoms with Gasteiger partial charge in [-0.1, -0.05) is 49.4 Å². The number of hydrogen-bond acceptors (Lipinski definition) is 6. The molecule has 1 heterocycles. The molecule has 3 N–H and O–H groups in total. The second-order valence-electron chi connectivity index (χ2n) is 11.8. The molecule has 3 atom stereocenters. The second-order valence-corrected chi connectivity index (χ2v) is 11.8. The first-order valence-electron chi connectivity index (χ1n) is 14.3. The van der Waals surface area contributed by atoms with Crippen molar-refractivity contribution in [2.24, 2.45) is 5.92 Å². The summed E-state index contributed by atoms with van der Waals surface area (Å²) in [6, 6.07) is 18.0. The van der Waals surface area contributed by atoms with Crippen molar-refractivity contribution in [1.82, 2.24) is 5.32 Å². The first-order chi connectivity index (χ1) is 19.4. The number of rotatable bonds is 10. The molecule has 1 aliphatic carbocycles. The maximum Gasteiger partial charge on any atom is 0.408 e. The minimum absolute atomic E-state index is 0.0424. The molecular weight excluding hydrogens is 520 g/mol. The molecule has 218 valence electrons. The minimum Gasteiger partial charge on any atom is -0.507 e. The summed E-state index contributed by atoms with van der Waals surface area (Å²) in [5.41, 5.74) is 1.48. The van der Waals surface area contributed by atoms with Crippen LogP contribution in [0.5, 0.6) is 5.75 Å². The van der Waals surface area contributed by atoms with Gasteiger partial charge in [0.05, 0.1) is 5.56 Å². The van der Waals surface area contributed by atoms with Gasteiger partial charge < -0.3 is 24.9 Å². The average molecular weight is 561 g/mol. The van der Waals surface area contributed by atoms with Crippen molar-refractivity contribution in [2.45, 2.75) is 83.8 Å². The number of carbonyl (C=O) groups is 2. The van der Waals surface area contributed by atoms with E-state index in [1.165, 1.54) is 0 Å². The van der Waals surface area contributed by atoms with Crippen LogP contribution in [0.4, 0.5) is 10.5 Å². The van der Waals surface area contributed by atoms with Gasteiger partial charge in [-0.3, -0.25) is 4.79 Å². The first kappa shape index (κ1) is 29.9. The van der Waals surface area contributed by atoms with Crippen LogP contribution in [0.3, 0.4) is 0 Å². The van der Waals surface area contributed by atoms with Gasteiger partial charge >= 0.3 is 11.7 Å². The molecular formula is C33H40N2O6. The fourth-order valence-corrected chi connectivity index (χ4v) is 5.06. The maximum atomic E-state index is 13.4. The summed E-state index contributed by atoms with van der Waals surface area (Å²) >= 11 is 0. The summed E-state index contributed by atoms with van der Waals surface area (Å²) in [4.78, 5) is 38.3. The predicted molar refractivity (Wildman–Crippen MR) is 158 cm³/mol. The molecule has 0 bridgehead atoms. The zero-order chi connectivity index (χ0) is 29.7. The fourth-order valence-electron chi connectivity index (χ4n) is 5.06. The highest BCUT2D eigenvalue weighted by Crippen LogP contribution is 2.48. The molecule has 1 aliphatic rings. The Balaban J connectivity index is 1.54. The lowest BCUT2D eigenvalue weighted by molar-refractivity contribution is -0.117. The standard InChI is InChI=1S/C33H40N2O6/c1-6-22(17-21-11-8-7-9-12-21)27-19-26(36)29(31(38)40-27)28(23-15-16-23)24-13-10-14-25(18-24)35-30(37)20(2)34-32(39)41-33(3,4)5/h7-14,18-20,22-23,28,36H,6,15-17H2,1-5H3,(H,34,39)(H,35,37). The summed E-state index contributed by atoms with van der Waals surface area (Å²) in [6.07, 6.45) is 2.62. The number of hydrogen-bond donors (Lipinski definition) is 3. The summed E-state index contributed by atoms with van der Waals surface area (Å²) in [7, 11) is 0. The number of ether oxygens (including phenoxy) is 1. The van der Waals surface area contributed by atoms with E-state index in [1.54, 1.807) is 52.0 Å². The first-order valence-corrected chi connectivity index (χ1v) is 14.3. The predicted octanol–water partition coefficient (Wildman–Crippen LogP) is 6.48. The molecule has 8 heteroatoms. The third kappa shape index (κ3) is 7.99. The average Bonchev–Trinajstić information content (AvgIpc) is 3.74. The van der Waals surface area contributed by atoms with Gasteiger partial charge in [-0.15, -0.1) is 0 Å². The molecule has 4 rings (SSSR count). The van der Waals surface area contributed by atoms with E-state index < -0.39 is 29.3 Å². The molecule has 2 aromatic carbocycles.